The SMILES string of the molecule is CC1CCC2C(CCC3C2CCC2(C)C(C(C)C)CCC32)C1. The second-order valence-electron chi connectivity index (χ2n) is 10.3. The van der Waals surface area contributed by atoms with E-state index in [1.165, 1.54) is 12.8 Å². The van der Waals surface area contributed by atoms with Crippen LogP contribution in [0.25, 0.3) is 0 Å². The van der Waals surface area contributed by atoms with E-state index >= 15 is 0 Å². The molecule has 0 bridgehead atoms. The van der Waals surface area contributed by atoms with Crippen molar-refractivity contribution in [1.29, 1.82) is 0 Å². The van der Waals surface area contributed by atoms with Crippen LogP contribution >= 0.6 is 0 Å². The molecule has 0 saturated heterocycles. The summed E-state index contributed by atoms with van der Waals surface area (Å²) < 4.78 is 0. The lowest BCUT2D eigenvalue weighted by Gasteiger charge is -2.56. The van der Waals surface area contributed by atoms with E-state index in [-0.39, 0.29) is 0 Å². The molecule has 0 heteroatoms. The van der Waals surface area contributed by atoms with Crippen LogP contribution in [0, 0.1) is 52.8 Å². The smallest absolute Gasteiger partial charge is 0.0264 e. The van der Waals surface area contributed by atoms with Crippen LogP contribution in [0.3, 0.4) is 0 Å². The van der Waals surface area contributed by atoms with Gasteiger partial charge in [-0.3, -0.25) is 0 Å². The van der Waals surface area contributed by atoms with Crippen molar-refractivity contribution in [3.8, 4) is 0 Å². The molecular weight excluding hydrogens is 264 g/mol. The molecule has 8 unspecified atom stereocenters. The average Bonchev–Trinajstić information content (AvgIpc) is 2.84. The van der Waals surface area contributed by atoms with E-state index in [1.54, 1.807) is 44.9 Å². The summed E-state index contributed by atoms with van der Waals surface area (Å²) in [5, 5.41) is 0. The molecular formula is C22H38. The summed E-state index contributed by atoms with van der Waals surface area (Å²) in [5.41, 5.74) is 0.699. The fourth-order valence-corrected chi connectivity index (χ4v) is 8.22. The monoisotopic (exact) mass is 302 g/mol. The van der Waals surface area contributed by atoms with Gasteiger partial charge in [-0.1, -0.05) is 34.1 Å². The molecule has 0 amide bonds. The maximum Gasteiger partial charge on any atom is -0.0264 e. The van der Waals surface area contributed by atoms with Gasteiger partial charge in [0.15, 0.2) is 0 Å². The van der Waals surface area contributed by atoms with E-state index in [0.717, 1.165) is 47.3 Å². The molecule has 22 heavy (non-hydrogen) atoms. The second kappa shape index (κ2) is 5.52. The third kappa shape index (κ3) is 2.22. The lowest BCUT2D eigenvalue weighted by atomic mass is 9.49. The van der Waals surface area contributed by atoms with Crippen molar-refractivity contribution in [2.75, 3.05) is 0 Å². The van der Waals surface area contributed by atoms with Crippen molar-refractivity contribution in [3.63, 3.8) is 0 Å². The highest BCUT2D eigenvalue weighted by molar-refractivity contribution is 5.06. The molecule has 4 saturated carbocycles. The second-order valence-corrected chi connectivity index (χ2v) is 10.3. The molecule has 8 atom stereocenters. The highest BCUT2D eigenvalue weighted by atomic mass is 14.6. The number of hydrogen-bond donors (Lipinski definition) is 0. The third-order valence-corrected chi connectivity index (χ3v) is 9.09. The lowest BCUT2D eigenvalue weighted by Crippen LogP contribution is -2.48. The summed E-state index contributed by atoms with van der Waals surface area (Å²) in [4.78, 5) is 0. The highest BCUT2D eigenvalue weighted by Crippen LogP contribution is 2.65. The zero-order chi connectivity index (χ0) is 15.5. The van der Waals surface area contributed by atoms with E-state index in [0.29, 0.717) is 5.41 Å². The number of hydrogen-bond acceptors (Lipinski definition) is 0. The molecule has 0 aliphatic heterocycles. The topological polar surface area (TPSA) is 0 Å². The van der Waals surface area contributed by atoms with E-state index in [4.69, 9.17) is 0 Å². The van der Waals surface area contributed by atoms with Gasteiger partial charge in [-0.2, -0.15) is 0 Å². The maximum atomic E-state index is 2.70. The van der Waals surface area contributed by atoms with Crippen LogP contribution in [-0.4, -0.2) is 0 Å². The molecule has 0 radical (unpaired) electrons. The minimum Gasteiger partial charge on any atom is -0.0625 e. The predicted octanol–water partition coefficient (Wildman–Crippen LogP) is 6.55. The van der Waals surface area contributed by atoms with Crippen molar-refractivity contribution in [2.24, 2.45) is 52.8 Å². The van der Waals surface area contributed by atoms with Gasteiger partial charge in [0.25, 0.3) is 0 Å². The Balaban J connectivity index is 1.55. The van der Waals surface area contributed by atoms with Crippen LogP contribution in [0.1, 0.15) is 85.5 Å². The largest absolute Gasteiger partial charge is 0.0625 e. The minimum absolute atomic E-state index is 0.699. The highest BCUT2D eigenvalue weighted by Gasteiger charge is 2.57. The normalized spacial score (nSPS) is 54.7. The molecule has 4 aliphatic rings. The summed E-state index contributed by atoms with van der Waals surface area (Å²) in [7, 11) is 0. The summed E-state index contributed by atoms with van der Waals surface area (Å²) in [6.45, 7) is 10.2. The molecule has 4 aliphatic carbocycles. The van der Waals surface area contributed by atoms with Crippen molar-refractivity contribution in [2.45, 2.75) is 85.5 Å². The molecule has 126 valence electrons. The van der Waals surface area contributed by atoms with E-state index in [2.05, 4.69) is 27.7 Å². The van der Waals surface area contributed by atoms with Gasteiger partial charge in [-0.05, 0) is 104 Å². The Morgan fingerprint density at radius 1 is 0.818 bits per heavy atom. The summed E-state index contributed by atoms with van der Waals surface area (Å²) in [6.07, 6.45) is 14.1. The van der Waals surface area contributed by atoms with Gasteiger partial charge in [0.1, 0.15) is 0 Å². The molecule has 0 aromatic heterocycles. The van der Waals surface area contributed by atoms with E-state index < -0.39 is 0 Å². The van der Waals surface area contributed by atoms with Crippen molar-refractivity contribution >= 4 is 0 Å². The minimum atomic E-state index is 0.699. The molecule has 0 heterocycles. The zero-order valence-corrected chi connectivity index (χ0v) is 15.5. The predicted molar refractivity (Wildman–Crippen MR) is 94.6 cm³/mol. The van der Waals surface area contributed by atoms with Gasteiger partial charge in [-0.25, -0.2) is 0 Å². The molecule has 0 spiro atoms. The number of rotatable bonds is 1. The Bertz CT molecular complexity index is 410. The standard InChI is InChI=1S/C22H38/c1-14(2)20-9-10-21-19-8-6-16-13-15(3)5-7-17(16)18(19)11-12-22(20,21)4/h14-21H,5-13H2,1-4H3. The van der Waals surface area contributed by atoms with Crippen molar-refractivity contribution in [3.05, 3.63) is 0 Å². The molecule has 0 aromatic rings. The van der Waals surface area contributed by atoms with Gasteiger partial charge in [0, 0.05) is 0 Å². The Kier molecular flexibility index (Phi) is 3.90. The zero-order valence-electron chi connectivity index (χ0n) is 15.5. The van der Waals surface area contributed by atoms with E-state index in [9.17, 15) is 0 Å². The van der Waals surface area contributed by atoms with Gasteiger partial charge in [0.2, 0.25) is 0 Å². The van der Waals surface area contributed by atoms with Crippen LogP contribution < -0.4 is 0 Å². The van der Waals surface area contributed by atoms with Crippen LogP contribution in [0.4, 0.5) is 0 Å². The first-order valence-corrected chi connectivity index (χ1v) is 10.5. The Morgan fingerprint density at radius 3 is 2.36 bits per heavy atom. The maximum absolute atomic E-state index is 2.70. The van der Waals surface area contributed by atoms with Gasteiger partial charge >= 0.3 is 0 Å². The fraction of sp³-hybridized carbons (Fsp3) is 1.00. The van der Waals surface area contributed by atoms with Crippen LogP contribution in [0.2, 0.25) is 0 Å². The molecule has 0 aromatic carbocycles. The first kappa shape index (κ1) is 15.5. The Morgan fingerprint density at radius 2 is 1.59 bits per heavy atom. The van der Waals surface area contributed by atoms with Crippen LogP contribution in [0.15, 0.2) is 0 Å². The average molecular weight is 303 g/mol. The van der Waals surface area contributed by atoms with Crippen LogP contribution in [-0.2, 0) is 0 Å². The molecule has 4 rings (SSSR count). The Hall–Kier alpha value is 0. The molecule has 4 fully saturated rings. The lowest BCUT2D eigenvalue weighted by molar-refractivity contribution is -0.0719. The first-order valence-electron chi connectivity index (χ1n) is 10.5. The fourth-order valence-electron chi connectivity index (χ4n) is 8.22. The van der Waals surface area contributed by atoms with Crippen LogP contribution in [0.5, 0.6) is 0 Å². The summed E-state index contributed by atoms with van der Waals surface area (Å²) >= 11 is 0. The van der Waals surface area contributed by atoms with Crippen molar-refractivity contribution < 1.29 is 0 Å². The van der Waals surface area contributed by atoms with E-state index in [1.807, 2.05) is 0 Å². The quantitative estimate of drug-likeness (QED) is 0.515. The molecule has 0 N–H and O–H groups in total. The third-order valence-electron chi connectivity index (χ3n) is 9.09. The van der Waals surface area contributed by atoms with Crippen molar-refractivity contribution in [1.82, 2.24) is 0 Å². The Labute approximate surface area is 138 Å². The summed E-state index contributed by atoms with van der Waals surface area (Å²) in [6, 6.07) is 0. The van der Waals surface area contributed by atoms with Gasteiger partial charge in [0.05, 0.1) is 0 Å². The van der Waals surface area contributed by atoms with Gasteiger partial charge in [-0.15, -0.1) is 0 Å². The van der Waals surface area contributed by atoms with Gasteiger partial charge < -0.3 is 0 Å². The molecule has 0 nitrogen and oxygen atoms in total. The number of fused-ring (bicyclic) bond motifs is 5. The first-order chi connectivity index (χ1) is 10.5. The summed E-state index contributed by atoms with van der Waals surface area (Å²) in [5.74, 6) is 8.48.